The van der Waals surface area contributed by atoms with Crippen molar-refractivity contribution in [3.05, 3.63) is 56.0 Å². The van der Waals surface area contributed by atoms with Crippen molar-refractivity contribution >= 4 is 40.3 Å². The minimum atomic E-state index is -0.179. The van der Waals surface area contributed by atoms with Gasteiger partial charge in [-0.3, -0.25) is 15.1 Å². The number of carbonyl (C=O) groups excluding carboxylic acids is 1. The molecule has 0 spiro atoms. The molecule has 0 amide bonds. The maximum absolute atomic E-state index is 12.3. The summed E-state index contributed by atoms with van der Waals surface area (Å²) in [6.07, 6.45) is 0. The fourth-order valence-corrected chi connectivity index (χ4v) is 2.86. The van der Waals surface area contributed by atoms with Gasteiger partial charge in [0.25, 0.3) is 0 Å². The van der Waals surface area contributed by atoms with E-state index in [1.165, 1.54) is 11.3 Å². The molecule has 0 radical (unpaired) electrons. The zero-order valence-electron chi connectivity index (χ0n) is 11.9. The minimum Gasteiger partial charge on any atom is -0.487 e. The van der Waals surface area contributed by atoms with E-state index in [1.54, 1.807) is 24.3 Å². The van der Waals surface area contributed by atoms with E-state index in [9.17, 15) is 4.79 Å². The van der Waals surface area contributed by atoms with Crippen LogP contribution in [-0.4, -0.2) is 21.3 Å². The van der Waals surface area contributed by atoms with Crippen LogP contribution in [0.4, 0.5) is 0 Å². The Hall–Kier alpha value is -0.324. The number of ether oxygens (including phenoxy) is 1. The molecule has 2 heterocycles. The molecule has 0 atom stereocenters. The second-order valence-electron chi connectivity index (χ2n) is 4.13. The number of carbonyl (C=O) groups is 1. The first kappa shape index (κ1) is 19.0. The Balaban J connectivity index is 0.00000192. The van der Waals surface area contributed by atoms with Gasteiger partial charge in [-0.15, -0.1) is 11.3 Å². The molecule has 0 fully saturated rings. The molecule has 0 aliphatic carbocycles. The van der Waals surface area contributed by atoms with E-state index < -0.39 is 0 Å². The van der Waals surface area contributed by atoms with Crippen LogP contribution in [0.5, 0.6) is 5.75 Å². The average Bonchev–Trinajstić information content (AvgIpc) is 3.21. The number of ketones is 1. The number of rotatable bonds is 5. The maximum Gasteiger partial charge on any atom is 1.00 e. The van der Waals surface area contributed by atoms with Gasteiger partial charge in [0.15, 0.2) is 0 Å². The smallest absolute Gasteiger partial charge is 0.487 e. The molecule has 0 N–H and O–H groups in total. The van der Waals surface area contributed by atoms with Crippen molar-refractivity contribution in [3.8, 4) is 5.75 Å². The molecule has 0 saturated carbocycles. The van der Waals surface area contributed by atoms with Crippen LogP contribution >= 0.6 is 34.5 Å². The van der Waals surface area contributed by atoms with Crippen molar-refractivity contribution in [1.29, 1.82) is 0 Å². The van der Waals surface area contributed by atoms with Gasteiger partial charge < -0.3 is 9.84 Å². The number of benzene rings is 1. The van der Waals surface area contributed by atoms with E-state index in [0.29, 0.717) is 22.0 Å². The fraction of sp³-hybridized carbons (Fsp3) is 0.0769. The molecule has 0 aliphatic rings. The van der Waals surface area contributed by atoms with Crippen LogP contribution in [0, 0.1) is 0 Å². The maximum atomic E-state index is 12.3. The van der Waals surface area contributed by atoms with Crippen molar-refractivity contribution in [2.45, 2.75) is 6.61 Å². The predicted octanol–water partition coefficient (Wildman–Crippen LogP) is 0.0111. The molecule has 3 aromatic rings. The van der Waals surface area contributed by atoms with Crippen LogP contribution < -0.4 is 61.2 Å². The van der Waals surface area contributed by atoms with Gasteiger partial charge in [-0.2, -0.15) is 5.21 Å². The molecule has 2 aromatic heterocycles. The third kappa shape index (κ3) is 4.40. The summed E-state index contributed by atoms with van der Waals surface area (Å²) >= 11 is 13.7. The number of nitrogens with zero attached hydrogens (tertiary/aromatic N) is 4. The Morgan fingerprint density at radius 3 is 2.74 bits per heavy atom. The minimum absolute atomic E-state index is 0. The van der Waals surface area contributed by atoms with Gasteiger partial charge in [-0.25, -0.2) is 0 Å². The molecular formula is C13H7Cl2KN4O2S. The summed E-state index contributed by atoms with van der Waals surface area (Å²) in [6.45, 7) is 0.0568. The first-order chi connectivity index (χ1) is 10.7. The van der Waals surface area contributed by atoms with E-state index in [4.69, 9.17) is 27.9 Å². The molecule has 0 aliphatic heterocycles. The second-order valence-corrected chi connectivity index (χ2v) is 5.83. The van der Waals surface area contributed by atoms with Crippen molar-refractivity contribution < 1.29 is 60.9 Å². The number of halogens is 2. The third-order valence-corrected chi connectivity index (χ3v) is 4.49. The van der Waals surface area contributed by atoms with Crippen molar-refractivity contribution in [2.75, 3.05) is 0 Å². The molecule has 23 heavy (non-hydrogen) atoms. The monoisotopic (exact) mass is 392 g/mol. The number of aromatic nitrogens is 4. The van der Waals surface area contributed by atoms with Gasteiger partial charge in [0, 0.05) is 11.4 Å². The van der Waals surface area contributed by atoms with E-state index in [-0.39, 0.29) is 73.8 Å². The average molecular weight is 393 g/mol. The number of thiophene rings is 1. The van der Waals surface area contributed by atoms with Crippen molar-refractivity contribution in [3.63, 3.8) is 0 Å². The fourth-order valence-electron chi connectivity index (χ4n) is 1.72. The molecule has 1 aromatic carbocycles. The second kappa shape index (κ2) is 8.68. The summed E-state index contributed by atoms with van der Waals surface area (Å²) in [5, 5.41) is 16.1. The summed E-state index contributed by atoms with van der Waals surface area (Å²) in [4.78, 5) is 12.9. The Morgan fingerprint density at radius 1 is 1.26 bits per heavy atom. The Kier molecular flexibility index (Phi) is 7.17. The van der Waals surface area contributed by atoms with Gasteiger partial charge in [0.05, 0.1) is 9.90 Å². The van der Waals surface area contributed by atoms with Gasteiger partial charge in [-0.05, 0) is 23.6 Å². The molecule has 0 bridgehead atoms. The molecular weight excluding hydrogens is 386 g/mol. The Bertz CT molecular complexity index is 797. The van der Waals surface area contributed by atoms with E-state index in [0.717, 1.165) is 0 Å². The zero-order chi connectivity index (χ0) is 15.5. The first-order valence-electron chi connectivity index (χ1n) is 6.03. The van der Waals surface area contributed by atoms with Gasteiger partial charge in [-0.1, -0.05) is 29.3 Å². The molecule has 0 saturated heterocycles. The van der Waals surface area contributed by atoms with Crippen LogP contribution in [0.15, 0.2) is 29.6 Å². The number of hydrogen-bond donors (Lipinski definition) is 0. The van der Waals surface area contributed by atoms with Crippen LogP contribution in [0.1, 0.15) is 21.1 Å². The predicted molar refractivity (Wildman–Crippen MR) is 81.7 cm³/mol. The van der Waals surface area contributed by atoms with Crippen molar-refractivity contribution in [1.82, 2.24) is 20.6 Å². The van der Waals surface area contributed by atoms with Crippen LogP contribution in [0.2, 0.25) is 10.0 Å². The van der Waals surface area contributed by atoms with E-state index in [2.05, 4.69) is 20.6 Å². The molecule has 10 heteroatoms. The van der Waals surface area contributed by atoms with Gasteiger partial charge >= 0.3 is 51.4 Å². The molecule has 3 rings (SSSR count). The largest absolute Gasteiger partial charge is 1.00 e. The normalized spacial score (nSPS) is 10.2. The molecule has 0 unspecified atom stereocenters. The van der Waals surface area contributed by atoms with Gasteiger partial charge in [0.2, 0.25) is 5.78 Å². The summed E-state index contributed by atoms with van der Waals surface area (Å²) in [6, 6.07) is 6.69. The summed E-state index contributed by atoms with van der Waals surface area (Å²) in [5.41, 5.74) is 0.328. The van der Waals surface area contributed by atoms with E-state index >= 15 is 0 Å². The summed E-state index contributed by atoms with van der Waals surface area (Å²) in [7, 11) is 0. The summed E-state index contributed by atoms with van der Waals surface area (Å²) in [5.74, 6) is 0.478. The summed E-state index contributed by atoms with van der Waals surface area (Å²) < 4.78 is 5.46. The first-order valence-corrected chi connectivity index (χ1v) is 7.67. The zero-order valence-corrected chi connectivity index (χ0v) is 17.3. The Morgan fingerprint density at radius 2 is 2.09 bits per heavy atom. The molecule has 112 valence electrons. The molecule has 6 nitrogen and oxygen atoms in total. The topological polar surface area (TPSA) is 79.1 Å². The van der Waals surface area contributed by atoms with Crippen molar-refractivity contribution in [2.24, 2.45) is 0 Å². The third-order valence-electron chi connectivity index (χ3n) is 2.75. The van der Waals surface area contributed by atoms with Crippen LogP contribution in [0.3, 0.4) is 0 Å². The SMILES string of the molecule is O=C(c1cccs1)c1ccc(OCc2nnn[n-]2)c(Cl)c1Cl.[K+]. The number of hydrogen-bond acceptors (Lipinski definition) is 6. The van der Waals surface area contributed by atoms with Crippen LogP contribution in [0.25, 0.3) is 0 Å². The van der Waals surface area contributed by atoms with E-state index in [1.807, 2.05) is 5.38 Å². The van der Waals surface area contributed by atoms with Crippen LogP contribution in [-0.2, 0) is 6.61 Å². The van der Waals surface area contributed by atoms with Gasteiger partial charge in [0.1, 0.15) is 17.4 Å². The number of tetrazole rings is 1. The standard InChI is InChI=1S/C13H7Cl2N4O2S.K/c14-11-7(13(20)9-2-1-5-22-9)3-4-8(12(11)15)21-6-10-16-18-19-17-10;/h1-5H,6H2;/q-1;+1. The Labute approximate surface area is 187 Å². The quantitative estimate of drug-likeness (QED) is 0.449.